The van der Waals surface area contributed by atoms with Crippen LogP contribution in [-0.4, -0.2) is 25.1 Å². The summed E-state index contributed by atoms with van der Waals surface area (Å²) in [7, 11) is 3.18. The van der Waals surface area contributed by atoms with E-state index in [1.807, 2.05) is 55.5 Å². The third kappa shape index (κ3) is 3.86. The normalized spacial score (nSPS) is 10.4. The van der Waals surface area contributed by atoms with Crippen LogP contribution in [-0.2, 0) is 6.54 Å². The van der Waals surface area contributed by atoms with Crippen LogP contribution in [0.25, 0.3) is 10.6 Å². The maximum atomic E-state index is 12.6. The molecule has 0 bridgehead atoms. The second-order valence-corrected chi connectivity index (χ2v) is 6.67. The minimum Gasteiger partial charge on any atom is -0.493 e. The Balaban J connectivity index is 1.72. The number of hydrogen-bond acceptors (Lipinski definition) is 5. The van der Waals surface area contributed by atoms with Crippen LogP contribution in [0.5, 0.6) is 11.5 Å². The van der Waals surface area contributed by atoms with E-state index in [1.54, 1.807) is 14.2 Å². The van der Waals surface area contributed by atoms with Gasteiger partial charge in [-0.3, -0.25) is 4.79 Å². The molecule has 26 heavy (non-hydrogen) atoms. The maximum absolute atomic E-state index is 12.6. The van der Waals surface area contributed by atoms with E-state index in [-0.39, 0.29) is 5.91 Å². The molecule has 0 aliphatic carbocycles. The lowest BCUT2D eigenvalue weighted by molar-refractivity contribution is 0.0954. The van der Waals surface area contributed by atoms with E-state index in [0.29, 0.717) is 22.9 Å². The van der Waals surface area contributed by atoms with E-state index in [9.17, 15) is 4.79 Å². The Bertz CT molecular complexity index is 907. The van der Waals surface area contributed by atoms with Crippen LogP contribution in [0.3, 0.4) is 0 Å². The number of methoxy groups -OCH3 is 2. The molecule has 6 heteroatoms. The zero-order chi connectivity index (χ0) is 18.5. The first-order valence-electron chi connectivity index (χ1n) is 8.14. The van der Waals surface area contributed by atoms with Gasteiger partial charge in [-0.15, -0.1) is 11.3 Å². The molecule has 0 spiro atoms. The van der Waals surface area contributed by atoms with E-state index < -0.39 is 0 Å². The van der Waals surface area contributed by atoms with Gasteiger partial charge < -0.3 is 14.8 Å². The summed E-state index contributed by atoms with van der Waals surface area (Å²) in [4.78, 5) is 17.7. The van der Waals surface area contributed by atoms with Gasteiger partial charge in [-0.25, -0.2) is 4.98 Å². The molecule has 0 saturated heterocycles. The van der Waals surface area contributed by atoms with Crippen LogP contribution >= 0.6 is 11.3 Å². The Hall–Kier alpha value is -2.86. The van der Waals surface area contributed by atoms with Crippen molar-refractivity contribution in [2.24, 2.45) is 0 Å². The minimum absolute atomic E-state index is 0.128. The van der Waals surface area contributed by atoms with Crippen LogP contribution in [0, 0.1) is 6.92 Å². The number of ether oxygens (including phenoxy) is 2. The summed E-state index contributed by atoms with van der Waals surface area (Å²) in [5.41, 5.74) is 2.68. The zero-order valence-electron chi connectivity index (χ0n) is 14.9. The molecule has 3 rings (SSSR count). The number of aryl methyl sites for hydroxylation is 1. The minimum atomic E-state index is -0.128. The number of aromatic nitrogens is 1. The lowest BCUT2D eigenvalue weighted by atomic mass is 10.2. The van der Waals surface area contributed by atoms with E-state index in [4.69, 9.17) is 9.47 Å². The second-order valence-electron chi connectivity index (χ2n) is 5.67. The highest BCUT2D eigenvalue weighted by molar-refractivity contribution is 7.17. The van der Waals surface area contributed by atoms with Gasteiger partial charge in [-0.05, 0) is 24.6 Å². The number of thiazole rings is 1. The van der Waals surface area contributed by atoms with Gasteiger partial charge in [-0.2, -0.15) is 0 Å². The number of hydrogen-bond donors (Lipinski definition) is 1. The quantitative estimate of drug-likeness (QED) is 0.713. The third-order valence-electron chi connectivity index (χ3n) is 3.92. The maximum Gasteiger partial charge on any atom is 0.263 e. The van der Waals surface area contributed by atoms with Crippen molar-refractivity contribution in [1.82, 2.24) is 10.3 Å². The van der Waals surface area contributed by atoms with Gasteiger partial charge in [0.05, 0.1) is 19.9 Å². The van der Waals surface area contributed by atoms with Crippen molar-refractivity contribution in [3.8, 4) is 22.1 Å². The van der Waals surface area contributed by atoms with Crippen molar-refractivity contribution in [3.63, 3.8) is 0 Å². The fourth-order valence-corrected chi connectivity index (χ4v) is 3.55. The first-order valence-corrected chi connectivity index (χ1v) is 8.96. The van der Waals surface area contributed by atoms with Crippen LogP contribution in [0.2, 0.25) is 0 Å². The molecule has 0 atom stereocenters. The summed E-state index contributed by atoms with van der Waals surface area (Å²) in [5, 5.41) is 3.79. The fraction of sp³-hybridized carbons (Fsp3) is 0.200. The van der Waals surface area contributed by atoms with Crippen molar-refractivity contribution in [2.75, 3.05) is 14.2 Å². The molecule has 0 unspecified atom stereocenters. The van der Waals surface area contributed by atoms with Gasteiger partial charge in [0.25, 0.3) is 5.91 Å². The predicted molar refractivity (Wildman–Crippen MR) is 103 cm³/mol. The van der Waals surface area contributed by atoms with Gasteiger partial charge >= 0.3 is 0 Å². The largest absolute Gasteiger partial charge is 0.493 e. The molecule has 5 nitrogen and oxygen atoms in total. The van der Waals surface area contributed by atoms with Crippen LogP contribution in [0.15, 0.2) is 48.5 Å². The molecule has 1 aromatic heterocycles. The molecule has 1 heterocycles. The van der Waals surface area contributed by atoms with E-state index >= 15 is 0 Å². The molecule has 0 fully saturated rings. The van der Waals surface area contributed by atoms with Crippen molar-refractivity contribution in [1.29, 1.82) is 0 Å². The molecular formula is C20H20N2O3S. The summed E-state index contributed by atoms with van der Waals surface area (Å²) in [5.74, 6) is 1.17. The lowest BCUT2D eigenvalue weighted by Crippen LogP contribution is -2.22. The molecule has 3 aromatic rings. The van der Waals surface area contributed by atoms with Crippen LogP contribution in [0.1, 0.15) is 20.9 Å². The SMILES string of the molecule is COc1ccc(CNC(=O)c2sc(-c3ccccc3)nc2C)cc1OC. The van der Waals surface area contributed by atoms with Crippen molar-refractivity contribution >= 4 is 17.2 Å². The first kappa shape index (κ1) is 17.9. The predicted octanol–water partition coefficient (Wildman–Crippen LogP) is 4.07. The smallest absolute Gasteiger partial charge is 0.263 e. The molecule has 1 N–H and O–H groups in total. The molecule has 0 saturated carbocycles. The van der Waals surface area contributed by atoms with E-state index in [1.165, 1.54) is 11.3 Å². The number of rotatable bonds is 6. The zero-order valence-corrected chi connectivity index (χ0v) is 15.7. The Kier molecular flexibility index (Phi) is 5.53. The van der Waals surface area contributed by atoms with Crippen LogP contribution in [0.4, 0.5) is 0 Å². The van der Waals surface area contributed by atoms with Gasteiger partial charge in [0.1, 0.15) is 9.88 Å². The molecule has 0 aliphatic rings. The Morgan fingerprint density at radius 2 is 1.81 bits per heavy atom. The van der Waals surface area contributed by atoms with Crippen LogP contribution < -0.4 is 14.8 Å². The van der Waals surface area contributed by atoms with Crippen molar-refractivity contribution < 1.29 is 14.3 Å². The second kappa shape index (κ2) is 8.01. The topological polar surface area (TPSA) is 60.5 Å². The summed E-state index contributed by atoms with van der Waals surface area (Å²) in [6, 6.07) is 15.4. The molecule has 2 aromatic carbocycles. The Morgan fingerprint density at radius 3 is 2.50 bits per heavy atom. The monoisotopic (exact) mass is 368 g/mol. The Labute approximate surface area is 156 Å². The van der Waals surface area contributed by atoms with E-state index in [2.05, 4.69) is 10.3 Å². The lowest BCUT2D eigenvalue weighted by Gasteiger charge is -2.10. The fourth-order valence-electron chi connectivity index (χ4n) is 2.56. The van der Waals surface area contributed by atoms with E-state index in [0.717, 1.165) is 21.8 Å². The summed E-state index contributed by atoms with van der Waals surface area (Å²) < 4.78 is 10.5. The molecule has 0 radical (unpaired) electrons. The summed E-state index contributed by atoms with van der Waals surface area (Å²) >= 11 is 1.40. The summed E-state index contributed by atoms with van der Waals surface area (Å²) in [6.07, 6.45) is 0. The number of amides is 1. The van der Waals surface area contributed by atoms with Gasteiger partial charge in [0.15, 0.2) is 11.5 Å². The average Bonchev–Trinajstić information content (AvgIpc) is 3.08. The highest BCUT2D eigenvalue weighted by atomic mass is 32.1. The average molecular weight is 368 g/mol. The number of nitrogens with zero attached hydrogens (tertiary/aromatic N) is 1. The van der Waals surface area contributed by atoms with Gasteiger partial charge in [0.2, 0.25) is 0 Å². The number of benzene rings is 2. The Morgan fingerprint density at radius 1 is 1.08 bits per heavy atom. The van der Waals surface area contributed by atoms with Crippen molar-refractivity contribution in [3.05, 3.63) is 64.7 Å². The number of nitrogens with one attached hydrogen (secondary N) is 1. The first-order chi connectivity index (χ1) is 12.6. The van der Waals surface area contributed by atoms with Crippen molar-refractivity contribution in [2.45, 2.75) is 13.5 Å². The highest BCUT2D eigenvalue weighted by Crippen LogP contribution is 2.29. The highest BCUT2D eigenvalue weighted by Gasteiger charge is 2.16. The number of carbonyl (C=O) groups is 1. The summed E-state index contributed by atoms with van der Waals surface area (Å²) in [6.45, 7) is 2.26. The molecule has 134 valence electrons. The standard InChI is InChI=1S/C20H20N2O3S/c1-13-18(26-20(22-13)15-7-5-4-6-8-15)19(23)21-12-14-9-10-16(24-2)17(11-14)25-3/h4-11H,12H2,1-3H3,(H,21,23). The third-order valence-corrected chi connectivity index (χ3v) is 5.13. The molecule has 1 amide bonds. The molecular weight excluding hydrogens is 348 g/mol. The van der Waals surface area contributed by atoms with Gasteiger partial charge in [-0.1, -0.05) is 36.4 Å². The number of carbonyl (C=O) groups excluding carboxylic acids is 1. The molecule has 0 aliphatic heterocycles. The van der Waals surface area contributed by atoms with Gasteiger partial charge in [0, 0.05) is 12.1 Å².